The Balaban J connectivity index is 1.88. The number of carbonyl (C=O) groups is 2. The van der Waals surface area contributed by atoms with E-state index in [0.717, 1.165) is 18.4 Å². The number of carboxylic acids is 1. The molecule has 23 heavy (non-hydrogen) atoms. The van der Waals surface area contributed by atoms with Crippen LogP contribution in [-0.4, -0.2) is 47.1 Å². The zero-order valence-electron chi connectivity index (χ0n) is 13.6. The highest BCUT2D eigenvalue weighted by atomic mass is 16.5. The second kappa shape index (κ2) is 5.60. The van der Waals surface area contributed by atoms with Crippen LogP contribution >= 0.6 is 0 Å². The minimum atomic E-state index is -1.79. The van der Waals surface area contributed by atoms with Gasteiger partial charge in [-0.05, 0) is 50.5 Å². The van der Waals surface area contributed by atoms with Crippen LogP contribution in [0, 0.1) is 11.3 Å². The third-order valence-corrected chi connectivity index (χ3v) is 5.97. The van der Waals surface area contributed by atoms with Crippen LogP contribution in [0.25, 0.3) is 0 Å². The van der Waals surface area contributed by atoms with E-state index in [0.29, 0.717) is 19.4 Å². The van der Waals surface area contributed by atoms with Gasteiger partial charge >= 0.3 is 11.9 Å². The van der Waals surface area contributed by atoms with Gasteiger partial charge in [0, 0.05) is 12.3 Å². The first kappa shape index (κ1) is 16.5. The predicted molar refractivity (Wildman–Crippen MR) is 80.7 cm³/mol. The standard InChI is InChI=1S/C17H24O6/c1-10(8-22-11(2)18)12-3-5-16-7-14(23-9-16)17(21,15(19)20)6-4-13(12)16/h13-14,21H,3-9H2,1-2H3,(H,19,20)/b12-10+/t13-,14+,16+,17+/m0/s1. The van der Waals surface area contributed by atoms with Gasteiger partial charge in [0.15, 0.2) is 5.60 Å². The number of carboxylic acid groups (broad SMARTS) is 1. The van der Waals surface area contributed by atoms with Crippen molar-refractivity contribution in [3.63, 3.8) is 0 Å². The van der Waals surface area contributed by atoms with Gasteiger partial charge in [0.1, 0.15) is 6.61 Å². The number of rotatable bonds is 3. The smallest absolute Gasteiger partial charge is 0.338 e. The Morgan fingerprint density at radius 3 is 2.74 bits per heavy atom. The fraction of sp³-hybridized carbons (Fsp3) is 0.765. The maximum Gasteiger partial charge on any atom is 0.338 e. The van der Waals surface area contributed by atoms with E-state index < -0.39 is 17.7 Å². The normalized spacial score (nSPS) is 41.2. The number of esters is 1. The summed E-state index contributed by atoms with van der Waals surface area (Å²) in [6, 6.07) is 0. The highest BCUT2D eigenvalue weighted by Gasteiger charge is 2.60. The number of hydrogen-bond acceptors (Lipinski definition) is 5. The number of aliphatic carboxylic acids is 1. The Morgan fingerprint density at radius 2 is 2.09 bits per heavy atom. The molecule has 6 heteroatoms. The molecule has 1 heterocycles. The second-order valence-electron chi connectivity index (χ2n) is 7.27. The van der Waals surface area contributed by atoms with Gasteiger partial charge in [0.2, 0.25) is 0 Å². The van der Waals surface area contributed by atoms with Crippen molar-refractivity contribution in [2.75, 3.05) is 13.2 Å². The fourth-order valence-electron chi connectivity index (χ4n) is 4.64. The summed E-state index contributed by atoms with van der Waals surface area (Å²) < 4.78 is 10.8. The third-order valence-electron chi connectivity index (χ3n) is 5.97. The van der Waals surface area contributed by atoms with E-state index in [4.69, 9.17) is 9.47 Å². The van der Waals surface area contributed by atoms with Crippen molar-refractivity contribution < 1.29 is 29.3 Å². The van der Waals surface area contributed by atoms with Gasteiger partial charge < -0.3 is 19.7 Å². The molecule has 3 aliphatic rings. The molecule has 1 aliphatic heterocycles. The molecule has 3 fully saturated rings. The van der Waals surface area contributed by atoms with Crippen LogP contribution < -0.4 is 0 Å². The number of ether oxygens (including phenoxy) is 2. The Labute approximate surface area is 135 Å². The summed E-state index contributed by atoms with van der Waals surface area (Å²) in [5, 5.41) is 20.0. The van der Waals surface area contributed by atoms with Crippen molar-refractivity contribution in [1.29, 1.82) is 0 Å². The number of allylic oxidation sites excluding steroid dienone is 1. The van der Waals surface area contributed by atoms with E-state index in [2.05, 4.69) is 0 Å². The molecule has 2 N–H and O–H groups in total. The minimum absolute atomic E-state index is 0.0720. The van der Waals surface area contributed by atoms with Crippen molar-refractivity contribution in [1.82, 2.24) is 0 Å². The molecule has 1 saturated heterocycles. The van der Waals surface area contributed by atoms with E-state index in [1.165, 1.54) is 12.5 Å². The maximum absolute atomic E-state index is 11.5. The fourth-order valence-corrected chi connectivity index (χ4v) is 4.64. The summed E-state index contributed by atoms with van der Waals surface area (Å²) in [7, 11) is 0. The second-order valence-corrected chi connectivity index (χ2v) is 7.27. The average Bonchev–Trinajstić information content (AvgIpc) is 3.04. The van der Waals surface area contributed by atoms with Gasteiger partial charge in [0.05, 0.1) is 12.7 Å². The molecule has 0 amide bonds. The Morgan fingerprint density at radius 1 is 1.35 bits per heavy atom. The topological polar surface area (TPSA) is 93.1 Å². The average molecular weight is 324 g/mol. The molecule has 6 nitrogen and oxygen atoms in total. The summed E-state index contributed by atoms with van der Waals surface area (Å²) in [5.41, 5.74) is 0.441. The lowest BCUT2D eigenvalue weighted by Gasteiger charge is -2.31. The molecule has 2 saturated carbocycles. The quantitative estimate of drug-likeness (QED) is 0.606. The van der Waals surface area contributed by atoms with Crippen LogP contribution in [0.1, 0.15) is 46.0 Å². The summed E-state index contributed by atoms with van der Waals surface area (Å²) >= 11 is 0. The molecule has 0 aromatic heterocycles. The molecule has 4 atom stereocenters. The van der Waals surface area contributed by atoms with Crippen LogP contribution in [-0.2, 0) is 19.1 Å². The summed E-state index contributed by atoms with van der Waals surface area (Å²) in [6.45, 7) is 4.15. The van der Waals surface area contributed by atoms with E-state index in [1.54, 1.807) is 0 Å². The first-order valence-electron chi connectivity index (χ1n) is 8.18. The van der Waals surface area contributed by atoms with Crippen LogP contribution in [0.2, 0.25) is 0 Å². The Kier molecular flexibility index (Phi) is 4.01. The number of hydrogen-bond donors (Lipinski definition) is 2. The van der Waals surface area contributed by atoms with Crippen LogP contribution in [0.4, 0.5) is 0 Å². The third kappa shape index (κ3) is 2.58. The highest BCUT2D eigenvalue weighted by molar-refractivity contribution is 5.78. The number of carbonyl (C=O) groups excluding carboxylic acids is 1. The van der Waals surface area contributed by atoms with Crippen molar-refractivity contribution in [3.8, 4) is 0 Å². The lowest BCUT2D eigenvalue weighted by Crippen LogP contribution is -2.49. The van der Waals surface area contributed by atoms with Gasteiger partial charge in [-0.1, -0.05) is 5.57 Å². The van der Waals surface area contributed by atoms with Crippen molar-refractivity contribution in [3.05, 3.63) is 11.1 Å². The molecular weight excluding hydrogens is 300 g/mol. The Bertz CT molecular complexity index is 567. The van der Waals surface area contributed by atoms with Gasteiger partial charge in [0.25, 0.3) is 0 Å². The molecule has 2 aliphatic carbocycles. The minimum Gasteiger partial charge on any atom is -0.479 e. The highest BCUT2D eigenvalue weighted by Crippen LogP contribution is 2.59. The van der Waals surface area contributed by atoms with E-state index >= 15 is 0 Å². The summed E-state index contributed by atoms with van der Waals surface area (Å²) in [6.07, 6.45) is 2.66. The monoisotopic (exact) mass is 324 g/mol. The molecule has 1 spiro atoms. The van der Waals surface area contributed by atoms with Crippen LogP contribution in [0.3, 0.4) is 0 Å². The molecule has 0 unspecified atom stereocenters. The van der Waals surface area contributed by atoms with Crippen molar-refractivity contribution in [2.24, 2.45) is 11.3 Å². The van der Waals surface area contributed by atoms with E-state index in [1.807, 2.05) is 6.92 Å². The van der Waals surface area contributed by atoms with E-state index in [-0.39, 0.29) is 30.3 Å². The first-order valence-corrected chi connectivity index (χ1v) is 8.18. The first-order chi connectivity index (χ1) is 10.8. The zero-order chi connectivity index (χ0) is 16.8. The maximum atomic E-state index is 11.5. The molecule has 3 rings (SSSR count). The zero-order valence-corrected chi connectivity index (χ0v) is 13.6. The number of aliphatic hydroxyl groups is 1. The molecule has 2 bridgehead atoms. The SMILES string of the molecule is CC(=O)OC/C(C)=C1\CC[C@]23CO[C@H](C2)[C@@](O)(C(=O)O)CC[C@@H]13. The summed E-state index contributed by atoms with van der Waals surface area (Å²) in [4.78, 5) is 22.6. The van der Waals surface area contributed by atoms with Crippen molar-refractivity contribution >= 4 is 11.9 Å². The molecular formula is C17H24O6. The lowest BCUT2D eigenvalue weighted by molar-refractivity contribution is -0.174. The van der Waals surface area contributed by atoms with E-state index in [9.17, 15) is 19.8 Å². The van der Waals surface area contributed by atoms with Crippen molar-refractivity contribution in [2.45, 2.75) is 57.7 Å². The molecule has 0 radical (unpaired) electrons. The largest absolute Gasteiger partial charge is 0.479 e. The predicted octanol–water partition coefficient (Wildman–Crippen LogP) is 1.66. The summed E-state index contributed by atoms with van der Waals surface area (Å²) in [5.74, 6) is -1.29. The van der Waals surface area contributed by atoms with Gasteiger partial charge in [-0.2, -0.15) is 0 Å². The van der Waals surface area contributed by atoms with Gasteiger partial charge in [-0.3, -0.25) is 4.79 Å². The van der Waals surface area contributed by atoms with Crippen LogP contribution in [0.15, 0.2) is 11.1 Å². The molecule has 128 valence electrons. The number of fused-ring (bicyclic) bond motifs is 1. The molecule has 0 aromatic carbocycles. The lowest BCUT2D eigenvalue weighted by atomic mass is 9.74. The molecule has 0 aromatic rings. The van der Waals surface area contributed by atoms with Gasteiger partial charge in [-0.25, -0.2) is 4.79 Å². The van der Waals surface area contributed by atoms with Gasteiger partial charge in [-0.15, -0.1) is 0 Å². The van der Waals surface area contributed by atoms with Crippen LogP contribution in [0.5, 0.6) is 0 Å². The Hall–Kier alpha value is -1.40.